The van der Waals surface area contributed by atoms with Gasteiger partial charge in [0.05, 0.1) is 0 Å². The van der Waals surface area contributed by atoms with Crippen LogP contribution in [-0.2, 0) is 0 Å². The van der Waals surface area contributed by atoms with Crippen molar-refractivity contribution in [1.29, 1.82) is 0 Å². The Morgan fingerprint density at radius 2 is 2.40 bits per heavy atom. The van der Waals surface area contributed by atoms with E-state index in [1.54, 1.807) is 0 Å². The Labute approximate surface area is 62.1 Å². The largest absolute Gasteiger partial charge is 0.384 e. The van der Waals surface area contributed by atoms with E-state index < -0.39 is 0 Å². The van der Waals surface area contributed by atoms with Gasteiger partial charge in [0.1, 0.15) is 0 Å². The van der Waals surface area contributed by atoms with Gasteiger partial charge in [-0.1, -0.05) is 24.3 Å². The first-order chi connectivity index (χ1) is 4.93. The molecule has 0 saturated heterocycles. The Bertz CT molecular complexity index is 166. The maximum atomic E-state index is 3.24. The van der Waals surface area contributed by atoms with Crippen molar-refractivity contribution in [2.75, 3.05) is 0 Å². The lowest BCUT2D eigenvalue weighted by Crippen LogP contribution is -2.22. The molecule has 1 aliphatic heterocycles. The first-order valence-electron chi connectivity index (χ1n) is 3.64. The van der Waals surface area contributed by atoms with E-state index in [1.165, 1.54) is 0 Å². The zero-order chi connectivity index (χ0) is 7.23. The van der Waals surface area contributed by atoms with Crippen LogP contribution in [0.3, 0.4) is 0 Å². The molecule has 1 aliphatic rings. The smallest absolute Gasteiger partial charge is 0.0476 e. The van der Waals surface area contributed by atoms with Gasteiger partial charge in [-0.3, -0.25) is 0 Å². The molecule has 0 radical (unpaired) electrons. The van der Waals surface area contributed by atoms with Gasteiger partial charge in [0, 0.05) is 6.04 Å². The molecule has 1 atom stereocenters. The molecular formula is C9H13N. The Balaban J connectivity index is 2.30. The molecule has 1 heteroatoms. The van der Waals surface area contributed by atoms with Crippen LogP contribution in [0, 0.1) is 0 Å². The van der Waals surface area contributed by atoms with Crippen LogP contribution >= 0.6 is 0 Å². The van der Waals surface area contributed by atoms with Crippen molar-refractivity contribution in [3.63, 3.8) is 0 Å². The van der Waals surface area contributed by atoms with Crippen molar-refractivity contribution in [2.24, 2.45) is 0 Å². The molecule has 0 aliphatic carbocycles. The SMILES string of the molecule is C/C=C/CC1C=CC=CN1. The molecule has 0 amide bonds. The molecule has 0 fully saturated rings. The number of nitrogens with one attached hydrogen (secondary N) is 1. The van der Waals surface area contributed by atoms with Gasteiger partial charge in [0.25, 0.3) is 0 Å². The Morgan fingerprint density at radius 1 is 1.50 bits per heavy atom. The summed E-state index contributed by atoms with van der Waals surface area (Å²) in [7, 11) is 0. The third-order valence-electron chi connectivity index (χ3n) is 1.49. The minimum absolute atomic E-state index is 0.501. The summed E-state index contributed by atoms with van der Waals surface area (Å²) in [5.41, 5.74) is 0. The van der Waals surface area contributed by atoms with Gasteiger partial charge in [-0.2, -0.15) is 0 Å². The zero-order valence-corrected chi connectivity index (χ0v) is 6.25. The van der Waals surface area contributed by atoms with Crippen molar-refractivity contribution in [1.82, 2.24) is 5.32 Å². The Morgan fingerprint density at radius 3 is 3.00 bits per heavy atom. The van der Waals surface area contributed by atoms with Gasteiger partial charge >= 0.3 is 0 Å². The molecular weight excluding hydrogens is 122 g/mol. The summed E-state index contributed by atoms with van der Waals surface area (Å²) in [5, 5.41) is 3.24. The maximum absolute atomic E-state index is 3.24. The van der Waals surface area contributed by atoms with E-state index in [0.717, 1.165) is 6.42 Å². The van der Waals surface area contributed by atoms with Crippen molar-refractivity contribution >= 4 is 0 Å². The molecule has 0 aromatic heterocycles. The average molecular weight is 135 g/mol. The zero-order valence-electron chi connectivity index (χ0n) is 6.25. The lowest BCUT2D eigenvalue weighted by atomic mass is 10.1. The minimum Gasteiger partial charge on any atom is -0.384 e. The fraction of sp³-hybridized carbons (Fsp3) is 0.333. The lowest BCUT2D eigenvalue weighted by molar-refractivity contribution is 0.703. The van der Waals surface area contributed by atoms with E-state index in [1.807, 2.05) is 19.2 Å². The van der Waals surface area contributed by atoms with Crippen molar-refractivity contribution in [3.8, 4) is 0 Å². The van der Waals surface area contributed by atoms with Gasteiger partial charge in [0.15, 0.2) is 0 Å². The number of allylic oxidation sites excluding steroid dienone is 3. The van der Waals surface area contributed by atoms with Crippen LogP contribution in [0.2, 0.25) is 0 Å². The highest BCUT2D eigenvalue weighted by molar-refractivity contribution is 5.13. The second-order valence-corrected chi connectivity index (χ2v) is 2.32. The quantitative estimate of drug-likeness (QED) is 0.571. The molecule has 54 valence electrons. The fourth-order valence-corrected chi connectivity index (χ4v) is 0.918. The van der Waals surface area contributed by atoms with Crippen molar-refractivity contribution < 1.29 is 0 Å². The lowest BCUT2D eigenvalue weighted by Gasteiger charge is -2.12. The summed E-state index contributed by atoms with van der Waals surface area (Å²) in [6.45, 7) is 2.04. The topological polar surface area (TPSA) is 12.0 Å². The van der Waals surface area contributed by atoms with Gasteiger partial charge < -0.3 is 5.32 Å². The number of rotatable bonds is 2. The highest BCUT2D eigenvalue weighted by atomic mass is 14.9. The highest BCUT2D eigenvalue weighted by Crippen LogP contribution is 1.99. The first-order valence-corrected chi connectivity index (χ1v) is 3.64. The van der Waals surface area contributed by atoms with Crippen LogP contribution in [0.4, 0.5) is 0 Å². The molecule has 0 bridgehead atoms. The van der Waals surface area contributed by atoms with E-state index >= 15 is 0 Å². The number of hydrogen-bond donors (Lipinski definition) is 1. The molecule has 0 saturated carbocycles. The van der Waals surface area contributed by atoms with Gasteiger partial charge in [0.2, 0.25) is 0 Å². The molecule has 1 rings (SSSR count). The van der Waals surface area contributed by atoms with E-state index in [-0.39, 0.29) is 0 Å². The van der Waals surface area contributed by atoms with E-state index in [4.69, 9.17) is 0 Å². The first kappa shape index (κ1) is 7.13. The summed E-state index contributed by atoms with van der Waals surface area (Å²) in [6, 6.07) is 0.501. The molecule has 1 nitrogen and oxygen atoms in total. The summed E-state index contributed by atoms with van der Waals surface area (Å²) in [5.74, 6) is 0. The van der Waals surface area contributed by atoms with E-state index in [9.17, 15) is 0 Å². The number of hydrogen-bond acceptors (Lipinski definition) is 1. The van der Waals surface area contributed by atoms with Crippen molar-refractivity contribution in [3.05, 3.63) is 36.6 Å². The van der Waals surface area contributed by atoms with Gasteiger partial charge in [-0.25, -0.2) is 0 Å². The molecule has 0 aromatic rings. The van der Waals surface area contributed by atoms with E-state index in [2.05, 4.69) is 29.6 Å². The monoisotopic (exact) mass is 135 g/mol. The van der Waals surface area contributed by atoms with Crippen LogP contribution < -0.4 is 5.32 Å². The normalized spacial score (nSPS) is 23.5. The van der Waals surface area contributed by atoms with Crippen LogP contribution in [0.1, 0.15) is 13.3 Å². The summed E-state index contributed by atoms with van der Waals surface area (Å²) >= 11 is 0. The molecule has 0 aromatic carbocycles. The van der Waals surface area contributed by atoms with Crippen LogP contribution in [0.25, 0.3) is 0 Å². The minimum atomic E-state index is 0.501. The summed E-state index contributed by atoms with van der Waals surface area (Å²) in [6.07, 6.45) is 13.6. The predicted octanol–water partition coefficient (Wildman–Crippen LogP) is 1.99. The fourth-order valence-electron chi connectivity index (χ4n) is 0.918. The van der Waals surface area contributed by atoms with E-state index in [0.29, 0.717) is 6.04 Å². The number of dihydropyridines is 1. The summed E-state index contributed by atoms with van der Waals surface area (Å²) in [4.78, 5) is 0. The highest BCUT2D eigenvalue weighted by Gasteiger charge is 1.98. The molecule has 10 heavy (non-hydrogen) atoms. The van der Waals surface area contributed by atoms with Crippen molar-refractivity contribution in [2.45, 2.75) is 19.4 Å². The standard InChI is InChI=1S/C9H13N/c1-2-3-6-9-7-4-5-8-10-9/h2-5,7-10H,6H2,1H3/b3-2+. The van der Waals surface area contributed by atoms with Crippen LogP contribution in [-0.4, -0.2) is 6.04 Å². The van der Waals surface area contributed by atoms with Crippen LogP contribution in [0.5, 0.6) is 0 Å². The predicted molar refractivity (Wildman–Crippen MR) is 44.6 cm³/mol. The molecule has 0 spiro atoms. The molecule has 1 N–H and O–H groups in total. The Kier molecular flexibility index (Phi) is 2.81. The molecule has 1 unspecified atom stereocenters. The third kappa shape index (κ3) is 2.09. The average Bonchev–Trinajstić information content (AvgIpc) is 2.03. The van der Waals surface area contributed by atoms with Gasteiger partial charge in [-0.15, -0.1) is 0 Å². The maximum Gasteiger partial charge on any atom is 0.0476 e. The second-order valence-electron chi connectivity index (χ2n) is 2.32. The van der Waals surface area contributed by atoms with Crippen LogP contribution in [0.15, 0.2) is 36.6 Å². The third-order valence-corrected chi connectivity index (χ3v) is 1.49. The van der Waals surface area contributed by atoms with Gasteiger partial charge in [-0.05, 0) is 25.6 Å². The molecule has 1 heterocycles. The summed E-state index contributed by atoms with van der Waals surface area (Å²) < 4.78 is 0. The second kappa shape index (κ2) is 3.94. The Hall–Kier alpha value is -0.980.